The number of rotatable bonds is 1. The van der Waals surface area contributed by atoms with Crippen molar-refractivity contribution >= 4 is 0 Å². The fourth-order valence-corrected chi connectivity index (χ4v) is 3.18. The van der Waals surface area contributed by atoms with Crippen LogP contribution in [0.25, 0.3) is 0 Å². The van der Waals surface area contributed by atoms with Crippen LogP contribution in [0.2, 0.25) is 0 Å². The van der Waals surface area contributed by atoms with Gasteiger partial charge in [-0.3, -0.25) is 0 Å². The van der Waals surface area contributed by atoms with Crippen LogP contribution in [0, 0.1) is 11.8 Å². The summed E-state index contributed by atoms with van der Waals surface area (Å²) in [6, 6.07) is 0.0342. The van der Waals surface area contributed by atoms with Crippen molar-refractivity contribution in [1.82, 2.24) is 20.1 Å². The molecule has 0 saturated carbocycles. The number of nitrogens with one attached hydrogen (secondary N) is 1. The lowest BCUT2D eigenvalue weighted by atomic mass is 9.93. The van der Waals surface area contributed by atoms with Crippen molar-refractivity contribution in [1.29, 1.82) is 0 Å². The number of fused-ring (bicyclic) bond motifs is 1. The Morgan fingerprint density at radius 3 is 2.75 bits per heavy atom. The molecule has 0 amide bonds. The van der Waals surface area contributed by atoms with Gasteiger partial charge < -0.3 is 9.88 Å². The van der Waals surface area contributed by atoms with Gasteiger partial charge in [0.25, 0.3) is 0 Å². The number of hydrogen-bond donors (Lipinski definition) is 1. The molecular weight excluding hydrogens is 269 g/mol. The van der Waals surface area contributed by atoms with E-state index in [2.05, 4.69) is 22.4 Å². The highest BCUT2D eigenvalue weighted by Gasteiger charge is 2.42. The molecule has 3 heterocycles. The number of hydrogen-bond acceptors (Lipinski definition) is 3. The van der Waals surface area contributed by atoms with Crippen LogP contribution < -0.4 is 5.32 Å². The minimum Gasteiger partial charge on any atom is -0.313 e. The molecule has 0 radical (unpaired) electrons. The van der Waals surface area contributed by atoms with E-state index < -0.39 is 12.1 Å². The second-order valence-corrected chi connectivity index (χ2v) is 6.00. The van der Waals surface area contributed by atoms with Crippen molar-refractivity contribution in [2.45, 2.75) is 51.4 Å². The standard InChI is InChI=1S/C13H19F3N4/c1-8-4-5-17-10(6-8)12-19-18-11-3-2-9(7-20(11)12)13(14,15)16/h8-10,17H,2-7H2,1H3. The molecule has 2 aliphatic rings. The smallest absolute Gasteiger partial charge is 0.313 e. The summed E-state index contributed by atoms with van der Waals surface area (Å²) in [5.41, 5.74) is 0. The van der Waals surface area contributed by atoms with Gasteiger partial charge in [0.15, 0.2) is 0 Å². The lowest BCUT2D eigenvalue weighted by Crippen LogP contribution is -2.36. The van der Waals surface area contributed by atoms with E-state index in [1.54, 1.807) is 4.57 Å². The van der Waals surface area contributed by atoms with Crippen molar-refractivity contribution in [3.8, 4) is 0 Å². The average Bonchev–Trinajstić information content (AvgIpc) is 2.80. The molecule has 3 atom stereocenters. The fraction of sp³-hybridized carbons (Fsp3) is 0.846. The van der Waals surface area contributed by atoms with Gasteiger partial charge in [-0.25, -0.2) is 0 Å². The number of alkyl halides is 3. The Balaban J connectivity index is 1.83. The molecule has 3 rings (SSSR count). The number of aromatic nitrogens is 3. The number of aryl methyl sites for hydroxylation is 1. The molecule has 4 nitrogen and oxygen atoms in total. The first-order valence-electron chi connectivity index (χ1n) is 7.17. The van der Waals surface area contributed by atoms with Gasteiger partial charge in [0.05, 0.1) is 12.0 Å². The minimum absolute atomic E-state index is 0.0340. The lowest BCUT2D eigenvalue weighted by molar-refractivity contribution is -0.182. The zero-order valence-corrected chi connectivity index (χ0v) is 11.5. The summed E-state index contributed by atoms with van der Waals surface area (Å²) in [7, 11) is 0. The van der Waals surface area contributed by atoms with Gasteiger partial charge in [-0.15, -0.1) is 10.2 Å². The largest absolute Gasteiger partial charge is 0.393 e. The molecule has 0 spiro atoms. The van der Waals surface area contributed by atoms with E-state index in [0.717, 1.165) is 19.4 Å². The molecular formula is C13H19F3N4. The van der Waals surface area contributed by atoms with Crippen LogP contribution in [0.15, 0.2) is 0 Å². The average molecular weight is 288 g/mol. The van der Waals surface area contributed by atoms with Gasteiger partial charge in [0.1, 0.15) is 11.6 Å². The Hall–Kier alpha value is -1.11. The minimum atomic E-state index is -4.13. The molecule has 1 aromatic rings. The van der Waals surface area contributed by atoms with Crippen LogP contribution in [0.4, 0.5) is 13.2 Å². The molecule has 0 aliphatic carbocycles. The van der Waals surface area contributed by atoms with Crippen molar-refractivity contribution in [2.24, 2.45) is 11.8 Å². The summed E-state index contributed by atoms with van der Waals surface area (Å²) < 4.78 is 40.4. The highest BCUT2D eigenvalue weighted by molar-refractivity contribution is 5.06. The van der Waals surface area contributed by atoms with Crippen LogP contribution in [-0.2, 0) is 13.0 Å². The molecule has 1 N–H and O–H groups in total. The maximum absolute atomic E-state index is 12.9. The van der Waals surface area contributed by atoms with E-state index in [1.165, 1.54) is 0 Å². The van der Waals surface area contributed by atoms with Crippen LogP contribution in [-0.4, -0.2) is 27.5 Å². The van der Waals surface area contributed by atoms with Crippen molar-refractivity contribution in [3.05, 3.63) is 11.6 Å². The predicted octanol–water partition coefficient (Wildman–Crippen LogP) is 2.46. The molecule has 1 saturated heterocycles. The third-order valence-electron chi connectivity index (χ3n) is 4.42. The first-order chi connectivity index (χ1) is 9.45. The zero-order chi connectivity index (χ0) is 14.3. The second kappa shape index (κ2) is 5.02. The van der Waals surface area contributed by atoms with Gasteiger partial charge in [-0.1, -0.05) is 6.92 Å². The number of nitrogens with zero attached hydrogens (tertiary/aromatic N) is 3. The molecule has 2 aliphatic heterocycles. The lowest BCUT2D eigenvalue weighted by Gasteiger charge is -2.31. The van der Waals surface area contributed by atoms with E-state index in [9.17, 15) is 13.2 Å². The molecule has 1 fully saturated rings. The summed E-state index contributed by atoms with van der Waals surface area (Å²) in [5, 5.41) is 11.6. The first kappa shape index (κ1) is 13.9. The quantitative estimate of drug-likeness (QED) is 0.863. The Morgan fingerprint density at radius 1 is 1.25 bits per heavy atom. The number of piperidine rings is 1. The molecule has 20 heavy (non-hydrogen) atoms. The molecule has 3 unspecified atom stereocenters. The third kappa shape index (κ3) is 2.55. The van der Waals surface area contributed by atoms with E-state index in [-0.39, 0.29) is 19.0 Å². The Kier molecular flexibility index (Phi) is 3.48. The maximum atomic E-state index is 12.9. The van der Waals surface area contributed by atoms with Crippen LogP contribution >= 0.6 is 0 Å². The van der Waals surface area contributed by atoms with Crippen LogP contribution in [0.3, 0.4) is 0 Å². The summed E-state index contributed by atoms with van der Waals surface area (Å²) in [6.07, 6.45) is -1.64. The summed E-state index contributed by atoms with van der Waals surface area (Å²) in [6.45, 7) is 3.02. The van der Waals surface area contributed by atoms with E-state index in [1.807, 2.05) is 0 Å². The normalized spacial score (nSPS) is 31.1. The van der Waals surface area contributed by atoms with Crippen molar-refractivity contribution in [2.75, 3.05) is 6.54 Å². The molecule has 0 bridgehead atoms. The van der Waals surface area contributed by atoms with Crippen molar-refractivity contribution < 1.29 is 13.2 Å². The highest BCUT2D eigenvalue weighted by Crippen LogP contribution is 2.36. The molecule has 1 aromatic heterocycles. The molecule has 0 aromatic carbocycles. The third-order valence-corrected chi connectivity index (χ3v) is 4.42. The van der Waals surface area contributed by atoms with E-state index in [0.29, 0.717) is 24.0 Å². The SMILES string of the molecule is CC1CCNC(c2nnc3n2CC(C(F)(F)F)CC3)C1. The van der Waals surface area contributed by atoms with E-state index >= 15 is 0 Å². The summed E-state index contributed by atoms with van der Waals surface area (Å²) in [5.74, 6) is 0.669. The van der Waals surface area contributed by atoms with Crippen LogP contribution in [0.1, 0.15) is 43.9 Å². The summed E-state index contributed by atoms with van der Waals surface area (Å²) >= 11 is 0. The fourth-order valence-electron chi connectivity index (χ4n) is 3.18. The highest BCUT2D eigenvalue weighted by atomic mass is 19.4. The van der Waals surface area contributed by atoms with Crippen LogP contribution in [0.5, 0.6) is 0 Å². The van der Waals surface area contributed by atoms with Gasteiger partial charge in [-0.2, -0.15) is 13.2 Å². The topological polar surface area (TPSA) is 42.7 Å². The monoisotopic (exact) mass is 288 g/mol. The van der Waals surface area contributed by atoms with E-state index in [4.69, 9.17) is 0 Å². The zero-order valence-electron chi connectivity index (χ0n) is 11.5. The summed E-state index contributed by atoms with van der Waals surface area (Å²) in [4.78, 5) is 0. The Bertz CT molecular complexity index is 482. The van der Waals surface area contributed by atoms with Gasteiger partial charge in [-0.05, 0) is 31.7 Å². The van der Waals surface area contributed by atoms with Crippen molar-refractivity contribution in [3.63, 3.8) is 0 Å². The second-order valence-electron chi connectivity index (χ2n) is 6.00. The molecule has 112 valence electrons. The Morgan fingerprint density at radius 2 is 2.05 bits per heavy atom. The number of halogens is 3. The Labute approximate surface area is 115 Å². The van der Waals surface area contributed by atoms with Gasteiger partial charge in [0.2, 0.25) is 0 Å². The first-order valence-corrected chi connectivity index (χ1v) is 7.17. The van der Waals surface area contributed by atoms with Gasteiger partial charge >= 0.3 is 6.18 Å². The molecule has 7 heteroatoms. The predicted molar refractivity (Wildman–Crippen MR) is 67.0 cm³/mol. The maximum Gasteiger partial charge on any atom is 0.393 e. The van der Waals surface area contributed by atoms with Gasteiger partial charge in [0, 0.05) is 13.0 Å².